The normalized spacial score (nSPS) is 17.6. The number of fused-ring (bicyclic) bond motifs is 1. The fourth-order valence-corrected chi connectivity index (χ4v) is 3.48. The Morgan fingerprint density at radius 3 is 2.75 bits per heavy atom. The van der Waals surface area contributed by atoms with Crippen LogP contribution in [0.4, 0.5) is 11.8 Å². The van der Waals surface area contributed by atoms with Crippen molar-refractivity contribution in [3.63, 3.8) is 0 Å². The van der Waals surface area contributed by atoms with E-state index in [1.165, 1.54) is 12.0 Å². The van der Waals surface area contributed by atoms with E-state index in [0.717, 1.165) is 41.5 Å². The zero-order chi connectivity index (χ0) is 16.7. The number of H-pyrrole nitrogens is 1. The van der Waals surface area contributed by atoms with Crippen molar-refractivity contribution in [2.24, 2.45) is 0 Å². The second-order valence-corrected chi connectivity index (χ2v) is 6.59. The zero-order valence-electron chi connectivity index (χ0n) is 14.3. The van der Waals surface area contributed by atoms with Crippen LogP contribution in [0.3, 0.4) is 0 Å². The van der Waals surface area contributed by atoms with Gasteiger partial charge in [0.1, 0.15) is 11.5 Å². The Morgan fingerprint density at radius 1 is 1.21 bits per heavy atom. The number of aryl methyl sites for hydroxylation is 1. The van der Waals surface area contributed by atoms with Gasteiger partial charge in [-0.25, -0.2) is 0 Å². The standard InChI is InChI=1S/C18H22N6/c1-12-11-14-16(20-12)21-18(23(2)3)22-17(14)24-10-4-5-15(24)13-6-8-19-9-7-13/h6-9,11,15H,4-5,10H2,1-3H3,(H,20,21,22). The topological polar surface area (TPSA) is 60.9 Å². The summed E-state index contributed by atoms with van der Waals surface area (Å²) in [5, 5.41) is 1.10. The number of pyridine rings is 1. The van der Waals surface area contributed by atoms with Crippen molar-refractivity contribution in [2.45, 2.75) is 25.8 Å². The molecule has 6 nitrogen and oxygen atoms in total. The molecule has 1 atom stereocenters. The maximum absolute atomic E-state index is 4.88. The van der Waals surface area contributed by atoms with Crippen LogP contribution in [-0.2, 0) is 0 Å². The molecule has 1 saturated heterocycles. The van der Waals surface area contributed by atoms with Crippen molar-refractivity contribution in [3.05, 3.63) is 41.9 Å². The van der Waals surface area contributed by atoms with Crippen LogP contribution >= 0.6 is 0 Å². The van der Waals surface area contributed by atoms with E-state index in [-0.39, 0.29) is 0 Å². The van der Waals surface area contributed by atoms with E-state index in [2.05, 4.69) is 45.0 Å². The van der Waals surface area contributed by atoms with Gasteiger partial charge in [-0.05, 0) is 43.5 Å². The van der Waals surface area contributed by atoms with Crippen LogP contribution in [0.5, 0.6) is 0 Å². The van der Waals surface area contributed by atoms with Crippen LogP contribution in [-0.4, -0.2) is 40.6 Å². The number of aromatic nitrogens is 4. The highest BCUT2D eigenvalue weighted by Gasteiger charge is 2.29. The molecule has 0 amide bonds. The van der Waals surface area contributed by atoms with Crippen LogP contribution in [0.15, 0.2) is 30.6 Å². The molecule has 1 fully saturated rings. The van der Waals surface area contributed by atoms with Crippen molar-refractivity contribution in [3.8, 4) is 0 Å². The second-order valence-electron chi connectivity index (χ2n) is 6.59. The van der Waals surface area contributed by atoms with Crippen LogP contribution in [0.2, 0.25) is 0 Å². The van der Waals surface area contributed by atoms with Gasteiger partial charge in [-0.15, -0.1) is 0 Å². The summed E-state index contributed by atoms with van der Waals surface area (Å²) in [7, 11) is 3.95. The number of nitrogens with one attached hydrogen (secondary N) is 1. The van der Waals surface area contributed by atoms with E-state index < -0.39 is 0 Å². The lowest BCUT2D eigenvalue weighted by molar-refractivity contribution is 0.711. The molecule has 4 rings (SSSR count). The van der Waals surface area contributed by atoms with Crippen LogP contribution in [0.1, 0.15) is 30.1 Å². The molecule has 3 aromatic rings. The quantitative estimate of drug-likeness (QED) is 0.803. The third-order valence-electron chi connectivity index (χ3n) is 4.61. The third-order valence-corrected chi connectivity index (χ3v) is 4.61. The lowest BCUT2D eigenvalue weighted by Crippen LogP contribution is -2.25. The minimum Gasteiger partial charge on any atom is -0.349 e. The van der Waals surface area contributed by atoms with Crippen molar-refractivity contribution < 1.29 is 0 Å². The molecule has 3 aromatic heterocycles. The summed E-state index contributed by atoms with van der Waals surface area (Å²) < 4.78 is 0. The molecule has 24 heavy (non-hydrogen) atoms. The van der Waals surface area contributed by atoms with E-state index in [1.807, 2.05) is 31.4 Å². The zero-order valence-corrected chi connectivity index (χ0v) is 14.3. The van der Waals surface area contributed by atoms with Crippen LogP contribution < -0.4 is 9.80 Å². The molecule has 0 radical (unpaired) electrons. The summed E-state index contributed by atoms with van der Waals surface area (Å²) in [5.74, 6) is 1.76. The van der Waals surface area contributed by atoms with E-state index in [0.29, 0.717) is 6.04 Å². The molecule has 1 aliphatic rings. The Bertz CT molecular complexity index is 855. The molecule has 0 aromatic carbocycles. The van der Waals surface area contributed by atoms with E-state index in [9.17, 15) is 0 Å². The highest BCUT2D eigenvalue weighted by molar-refractivity contribution is 5.89. The lowest BCUT2D eigenvalue weighted by Gasteiger charge is -2.27. The fraction of sp³-hybridized carbons (Fsp3) is 0.389. The summed E-state index contributed by atoms with van der Waals surface area (Å²) in [4.78, 5) is 21.4. The van der Waals surface area contributed by atoms with Gasteiger partial charge in [-0.2, -0.15) is 9.97 Å². The first-order valence-corrected chi connectivity index (χ1v) is 8.35. The van der Waals surface area contributed by atoms with Crippen molar-refractivity contribution >= 4 is 22.8 Å². The minimum absolute atomic E-state index is 0.344. The van der Waals surface area contributed by atoms with Gasteiger partial charge < -0.3 is 14.8 Å². The molecule has 6 heteroatoms. The Hall–Kier alpha value is -2.63. The third kappa shape index (κ3) is 2.48. The highest BCUT2D eigenvalue weighted by atomic mass is 15.3. The van der Waals surface area contributed by atoms with Crippen molar-refractivity contribution in [1.82, 2.24) is 19.9 Å². The number of rotatable bonds is 3. The lowest BCUT2D eigenvalue weighted by atomic mass is 10.1. The summed E-state index contributed by atoms with van der Waals surface area (Å²) >= 11 is 0. The summed E-state index contributed by atoms with van der Waals surface area (Å²) in [6, 6.07) is 6.70. The van der Waals surface area contributed by atoms with Gasteiger partial charge in [-0.1, -0.05) is 0 Å². The first-order chi connectivity index (χ1) is 11.6. The maximum atomic E-state index is 4.88. The molecule has 0 aliphatic carbocycles. The first-order valence-electron chi connectivity index (χ1n) is 8.35. The molecule has 1 aliphatic heterocycles. The SMILES string of the molecule is Cc1cc2c(N3CCCC3c3ccncc3)nc(N(C)C)nc2[nH]1. The Labute approximate surface area is 141 Å². The summed E-state index contributed by atoms with van der Waals surface area (Å²) in [6.07, 6.45) is 6.04. The Balaban J connectivity index is 1.85. The van der Waals surface area contributed by atoms with Crippen molar-refractivity contribution in [1.29, 1.82) is 0 Å². The number of aromatic amines is 1. The van der Waals surface area contributed by atoms with E-state index in [1.54, 1.807) is 0 Å². The number of hydrogen-bond donors (Lipinski definition) is 1. The molecule has 1 unspecified atom stereocenters. The van der Waals surface area contributed by atoms with Crippen LogP contribution in [0, 0.1) is 6.92 Å². The molecule has 1 N–H and O–H groups in total. The smallest absolute Gasteiger partial charge is 0.228 e. The largest absolute Gasteiger partial charge is 0.349 e. The van der Waals surface area contributed by atoms with Gasteiger partial charge in [0.2, 0.25) is 5.95 Å². The number of nitrogens with zero attached hydrogens (tertiary/aromatic N) is 5. The van der Waals surface area contributed by atoms with Gasteiger partial charge in [0, 0.05) is 38.7 Å². The predicted molar refractivity (Wildman–Crippen MR) is 96.5 cm³/mol. The fourth-order valence-electron chi connectivity index (χ4n) is 3.48. The van der Waals surface area contributed by atoms with Gasteiger partial charge in [0.05, 0.1) is 11.4 Å². The van der Waals surface area contributed by atoms with Crippen LogP contribution in [0.25, 0.3) is 11.0 Å². The second kappa shape index (κ2) is 5.78. The van der Waals surface area contributed by atoms with E-state index >= 15 is 0 Å². The molecule has 0 bridgehead atoms. The van der Waals surface area contributed by atoms with Gasteiger partial charge in [-0.3, -0.25) is 4.98 Å². The van der Waals surface area contributed by atoms with Gasteiger partial charge >= 0.3 is 0 Å². The van der Waals surface area contributed by atoms with E-state index in [4.69, 9.17) is 4.98 Å². The molecule has 0 saturated carbocycles. The Morgan fingerprint density at radius 2 is 2.00 bits per heavy atom. The average Bonchev–Trinajstić information content (AvgIpc) is 3.20. The van der Waals surface area contributed by atoms with Gasteiger partial charge in [0.15, 0.2) is 0 Å². The maximum Gasteiger partial charge on any atom is 0.228 e. The first kappa shape index (κ1) is 14.9. The van der Waals surface area contributed by atoms with Gasteiger partial charge in [0.25, 0.3) is 0 Å². The number of anilines is 2. The average molecular weight is 322 g/mol. The highest BCUT2D eigenvalue weighted by Crippen LogP contribution is 2.38. The summed E-state index contributed by atoms with van der Waals surface area (Å²) in [5.41, 5.74) is 3.31. The van der Waals surface area contributed by atoms with Crippen molar-refractivity contribution in [2.75, 3.05) is 30.4 Å². The monoisotopic (exact) mass is 322 g/mol. The summed E-state index contributed by atoms with van der Waals surface area (Å²) in [6.45, 7) is 3.07. The Kier molecular flexibility index (Phi) is 3.59. The predicted octanol–water partition coefficient (Wildman–Crippen LogP) is 3.07. The molecular formula is C18H22N6. The molecular weight excluding hydrogens is 300 g/mol. The molecule has 0 spiro atoms. The minimum atomic E-state index is 0.344. The number of hydrogen-bond acceptors (Lipinski definition) is 5. The molecule has 4 heterocycles. The molecule has 124 valence electrons.